The standard InChI is InChI=1S/C29H25NO2/c1-22(31)30(23(2)32)28-20-18-27(19-21-28)29(24-12-6-3-7-13-24,25-14-8-4-9-15-25)26-16-10-5-11-17-26/h3-21H,1-2H3. The van der Waals surface area contributed by atoms with Gasteiger partial charge in [0.15, 0.2) is 0 Å². The number of amides is 2. The van der Waals surface area contributed by atoms with E-state index >= 15 is 0 Å². The van der Waals surface area contributed by atoms with Gasteiger partial charge < -0.3 is 0 Å². The SMILES string of the molecule is CC(=O)N(C(C)=O)c1ccc(C(c2ccccc2)(c2ccccc2)c2ccccc2)cc1. The summed E-state index contributed by atoms with van der Waals surface area (Å²) >= 11 is 0. The van der Waals surface area contributed by atoms with Crippen LogP contribution in [0.15, 0.2) is 115 Å². The first-order chi connectivity index (χ1) is 15.5. The smallest absolute Gasteiger partial charge is 0.230 e. The number of hydrogen-bond donors (Lipinski definition) is 0. The molecule has 158 valence electrons. The number of anilines is 1. The summed E-state index contributed by atoms with van der Waals surface area (Å²) < 4.78 is 0. The van der Waals surface area contributed by atoms with E-state index in [4.69, 9.17) is 0 Å². The van der Waals surface area contributed by atoms with Crippen molar-refractivity contribution in [1.82, 2.24) is 0 Å². The van der Waals surface area contributed by atoms with Gasteiger partial charge in [0.2, 0.25) is 11.8 Å². The molecule has 32 heavy (non-hydrogen) atoms. The van der Waals surface area contributed by atoms with Crippen molar-refractivity contribution < 1.29 is 9.59 Å². The zero-order valence-corrected chi connectivity index (χ0v) is 18.2. The summed E-state index contributed by atoms with van der Waals surface area (Å²) in [5.74, 6) is -0.601. The maximum atomic E-state index is 12.0. The molecule has 0 aromatic heterocycles. The molecule has 0 bridgehead atoms. The van der Waals surface area contributed by atoms with Crippen LogP contribution in [0.25, 0.3) is 0 Å². The molecule has 3 heteroatoms. The van der Waals surface area contributed by atoms with Crippen molar-refractivity contribution in [3.63, 3.8) is 0 Å². The number of nitrogens with zero attached hydrogens (tertiary/aromatic N) is 1. The molecule has 0 N–H and O–H groups in total. The lowest BCUT2D eigenvalue weighted by Gasteiger charge is -2.37. The Balaban J connectivity index is 2.00. The van der Waals surface area contributed by atoms with Crippen molar-refractivity contribution >= 4 is 17.5 Å². The second-order valence-electron chi connectivity index (χ2n) is 7.77. The zero-order valence-electron chi connectivity index (χ0n) is 18.2. The molecule has 0 fully saturated rings. The number of hydrogen-bond acceptors (Lipinski definition) is 2. The first-order valence-corrected chi connectivity index (χ1v) is 10.6. The zero-order chi connectivity index (χ0) is 22.6. The van der Waals surface area contributed by atoms with E-state index in [-0.39, 0.29) is 11.8 Å². The lowest BCUT2D eigenvalue weighted by molar-refractivity contribution is -0.124. The van der Waals surface area contributed by atoms with Crippen LogP contribution in [0.2, 0.25) is 0 Å². The van der Waals surface area contributed by atoms with Crippen LogP contribution in [-0.2, 0) is 15.0 Å². The molecule has 0 spiro atoms. The minimum atomic E-state index is -0.556. The predicted octanol–water partition coefficient (Wildman–Crippen LogP) is 5.97. The molecule has 0 atom stereocenters. The molecule has 0 heterocycles. The fraction of sp³-hybridized carbons (Fsp3) is 0.103. The molecule has 4 rings (SSSR count). The van der Waals surface area contributed by atoms with E-state index in [1.54, 1.807) is 0 Å². The van der Waals surface area contributed by atoms with E-state index in [2.05, 4.69) is 72.8 Å². The number of carbonyl (C=O) groups excluding carboxylic acids is 2. The van der Waals surface area contributed by atoms with Crippen LogP contribution < -0.4 is 4.90 Å². The summed E-state index contributed by atoms with van der Waals surface area (Å²) in [6.45, 7) is 2.80. The normalized spacial score (nSPS) is 11.1. The first-order valence-electron chi connectivity index (χ1n) is 10.6. The van der Waals surface area contributed by atoms with Crippen molar-refractivity contribution in [3.8, 4) is 0 Å². The van der Waals surface area contributed by atoms with Crippen LogP contribution >= 0.6 is 0 Å². The molecule has 0 unspecified atom stereocenters. The Morgan fingerprint density at radius 3 is 1.12 bits per heavy atom. The highest BCUT2D eigenvalue weighted by Crippen LogP contribution is 2.45. The summed E-state index contributed by atoms with van der Waals surface area (Å²) in [4.78, 5) is 25.3. The van der Waals surface area contributed by atoms with Crippen LogP contribution in [0, 0.1) is 0 Å². The fourth-order valence-corrected chi connectivity index (χ4v) is 4.51. The summed E-state index contributed by atoms with van der Waals surface area (Å²) in [6, 6.07) is 39.0. The second kappa shape index (κ2) is 9.03. The second-order valence-corrected chi connectivity index (χ2v) is 7.77. The third-order valence-electron chi connectivity index (χ3n) is 5.81. The van der Waals surface area contributed by atoms with Crippen LogP contribution in [0.3, 0.4) is 0 Å². The highest BCUT2D eigenvalue weighted by molar-refractivity contribution is 6.13. The Labute approximate surface area is 189 Å². The Bertz CT molecular complexity index is 1090. The van der Waals surface area contributed by atoms with E-state index in [9.17, 15) is 9.59 Å². The molecule has 0 aliphatic rings. The fourth-order valence-electron chi connectivity index (χ4n) is 4.51. The van der Waals surface area contributed by atoms with Gasteiger partial charge in [-0.2, -0.15) is 0 Å². The van der Waals surface area contributed by atoms with Gasteiger partial charge in [-0.05, 0) is 34.4 Å². The topological polar surface area (TPSA) is 37.4 Å². The van der Waals surface area contributed by atoms with Gasteiger partial charge >= 0.3 is 0 Å². The van der Waals surface area contributed by atoms with Crippen molar-refractivity contribution in [2.24, 2.45) is 0 Å². The largest absolute Gasteiger partial charge is 0.274 e. The van der Waals surface area contributed by atoms with Gasteiger partial charge in [-0.3, -0.25) is 14.5 Å². The molecule has 0 saturated heterocycles. The maximum Gasteiger partial charge on any atom is 0.230 e. The molecule has 0 radical (unpaired) electrons. The molecule has 4 aromatic carbocycles. The van der Waals surface area contributed by atoms with Gasteiger partial charge in [-0.1, -0.05) is 103 Å². The molecule has 2 amide bonds. The number of benzene rings is 4. The van der Waals surface area contributed by atoms with Gasteiger partial charge in [0.25, 0.3) is 0 Å². The van der Waals surface area contributed by atoms with Crippen molar-refractivity contribution in [1.29, 1.82) is 0 Å². The lowest BCUT2D eigenvalue weighted by atomic mass is 9.65. The Morgan fingerprint density at radius 2 is 0.812 bits per heavy atom. The van der Waals surface area contributed by atoms with Crippen molar-refractivity contribution in [2.75, 3.05) is 4.90 Å². The molecule has 0 aliphatic heterocycles. The lowest BCUT2D eigenvalue weighted by Crippen LogP contribution is -2.33. The van der Waals surface area contributed by atoms with Gasteiger partial charge in [-0.25, -0.2) is 0 Å². The average molecular weight is 420 g/mol. The molecule has 4 aromatic rings. The predicted molar refractivity (Wildman–Crippen MR) is 129 cm³/mol. The number of carbonyl (C=O) groups is 2. The summed E-state index contributed by atoms with van der Waals surface area (Å²) in [5, 5.41) is 0. The Kier molecular flexibility index (Phi) is 6.00. The molecular weight excluding hydrogens is 394 g/mol. The molecule has 3 nitrogen and oxygen atoms in total. The number of rotatable bonds is 5. The maximum absolute atomic E-state index is 12.0. The van der Waals surface area contributed by atoms with E-state index in [0.29, 0.717) is 5.69 Å². The summed E-state index contributed by atoms with van der Waals surface area (Å²) in [7, 11) is 0. The molecule has 0 saturated carbocycles. The van der Waals surface area contributed by atoms with Gasteiger partial charge in [0, 0.05) is 13.8 Å². The Morgan fingerprint density at radius 1 is 0.500 bits per heavy atom. The van der Waals surface area contributed by atoms with Crippen molar-refractivity contribution in [2.45, 2.75) is 19.3 Å². The van der Waals surface area contributed by atoms with Crippen LogP contribution in [0.5, 0.6) is 0 Å². The molecular formula is C29H25NO2. The monoisotopic (exact) mass is 419 g/mol. The van der Waals surface area contributed by atoms with E-state index in [0.717, 1.165) is 22.3 Å². The third kappa shape index (κ3) is 3.74. The highest BCUT2D eigenvalue weighted by Gasteiger charge is 2.38. The minimum Gasteiger partial charge on any atom is -0.274 e. The first kappa shape index (κ1) is 21.3. The third-order valence-corrected chi connectivity index (χ3v) is 5.81. The molecule has 0 aliphatic carbocycles. The van der Waals surface area contributed by atoms with E-state index < -0.39 is 5.41 Å². The van der Waals surface area contributed by atoms with E-state index in [1.165, 1.54) is 18.7 Å². The highest BCUT2D eigenvalue weighted by atomic mass is 16.2. The summed E-state index contributed by atoms with van der Waals surface area (Å²) in [6.07, 6.45) is 0. The van der Waals surface area contributed by atoms with Gasteiger partial charge in [0.05, 0.1) is 11.1 Å². The van der Waals surface area contributed by atoms with Crippen LogP contribution in [0.4, 0.5) is 5.69 Å². The number of imide groups is 1. The van der Waals surface area contributed by atoms with Gasteiger partial charge in [-0.15, -0.1) is 0 Å². The quantitative estimate of drug-likeness (QED) is 0.374. The van der Waals surface area contributed by atoms with Gasteiger partial charge in [0.1, 0.15) is 0 Å². The Hall–Kier alpha value is -3.98. The van der Waals surface area contributed by atoms with Crippen LogP contribution in [0.1, 0.15) is 36.1 Å². The summed E-state index contributed by atoms with van der Waals surface area (Å²) in [5.41, 5.74) is 4.48. The van der Waals surface area contributed by atoms with Crippen molar-refractivity contribution in [3.05, 3.63) is 138 Å². The average Bonchev–Trinajstić information content (AvgIpc) is 2.82. The van der Waals surface area contributed by atoms with Crippen LogP contribution in [-0.4, -0.2) is 11.8 Å². The minimum absolute atomic E-state index is 0.300. The van der Waals surface area contributed by atoms with E-state index in [1.807, 2.05) is 42.5 Å².